The van der Waals surface area contributed by atoms with E-state index in [0.29, 0.717) is 17.1 Å². The van der Waals surface area contributed by atoms with Crippen molar-refractivity contribution < 1.29 is 28.2 Å². The highest BCUT2D eigenvalue weighted by Gasteiger charge is 2.28. The van der Waals surface area contributed by atoms with Gasteiger partial charge in [-0.1, -0.05) is 18.2 Å². The van der Waals surface area contributed by atoms with Crippen molar-refractivity contribution in [1.29, 1.82) is 0 Å². The van der Waals surface area contributed by atoms with E-state index in [4.69, 9.17) is 18.6 Å². The Balaban J connectivity index is 1.59. The van der Waals surface area contributed by atoms with Crippen molar-refractivity contribution in [2.24, 2.45) is 0 Å². The predicted molar refractivity (Wildman–Crippen MR) is 96.0 cm³/mol. The summed E-state index contributed by atoms with van der Waals surface area (Å²) in [6.45, 7) is 0. The molecule has 2 aromatic carbocycles. The average Bonchev–Trinajstić information content (AvgIpc) is 3.31. The van der Waals surface area contributed by atoms with E-state index in [1.54, 1.807) is 31.4 Å². The fourth-order valence-corrected chi connectivity index (χ4v) is 2.71. The van der Waals surface area contributed by atoms with Gasteiger partial charge in [0.25, 0.3) is 0 Å². The minimum absolute atomic E-state index is 0.0873. The summed E-state index contributed by atoms with van der Waals surface area (Å²) >= 11 is 0. The molecule has 6 nitrogen and oxygen atoms in total. The van der Waals surface area contributed by atoms with Crippen LogP contribution in [0.3, 0.4) is 0 Å². The quantitative estimate of drug-likeness (QED) is 0.395. The van der Waals surface area contributed by atoms with Crippen molar-refractivity contribution in [3.05, 3.63) is 83.5 Å². The number of methoxy groups -OCH3 is 1. The fraction of sp³-hybridized carbons (Fsp3) is 0.0476. The lowest BCUT2D eigenvalue weighted by molar-refractivity contribution is 0.0701. The molecule has 4 rings (SSSR count). The summed E-state index contributed by atoms with van der Waals surface area (Å²) in [6, 6.07) is 15.0. The van der Waals surface area contributed by atoms with E-state index in [1.807, 2.05) is 18.2 Å². The van der Waals surface area contributed by atoms with Gasteiger partial charge in [0.05, 0.1) is 18.9 Å². The van der Waals surface area contributed by atoms with E-state index in [0.717, 1.165) is 5.56 Å². The molecule has 0 amide bonds. The van der Waals surface area contributed by atoms with Crippen LogP contribution in [-0.4, -0.2) is 18.9 Å². The van der Waals surface area contributed by atoms with Gasteiger partial charge in [0, 0.05) is 11.6 Å². The molecule has 0 saturated heterocycles. The Morgan fingerprint density at radius 2 is 1.93 bits per heavy atom. The number of Topliss-reactive ketones (excluding diaryl/α,β-unsaturated/α-hetero) is 1. The molecule has 0 fully saturated rings. The number of carbonyl (C=O) groups is 2. The van der Waals surface area contributed by atoms with E-state index >= 15 is 0 Å². The smallest absolute Gasteiger partial charge is 0.379 e. The molecule has 0 bridgehead atoms. The first kappa shape index (κ1) is 16.7. The van der Waals surface area contributed by atoms with Gasteiger partial charge in [-0.05, 0) is 36.4 Å². The lowest BCUT2D eigenvalue weighted by Crippen LogP contribution is -2.07. The number of ketones is 1. The van der Waals surface area contributed by atoms with Crippen molar-refractivity contribution in [2.45, 2.75) is 0 Å². The molecule has 0 atom stereocenters. The van der Waals surface area contributed by atoms with E-state index in [-0.39, 0.29) is 23.1 Å². The third-order valence-corrected chi connectivity index (χ3v) is 4.00. The molecular formula is C21H14O6. The summed E-state index contributed by atoms with van der Waals surface area (Å²) in [5.41, 5.74) is 1.12. The summed E-state index contributed by atoms with van der Waals surface area (Å²) in [4.78, 5) is 24.5. The summed E-state index contributed by atoms with van der Waals surface area (Å²) in [6.07, 6.45) is 3.01. The second-order valence-corrected chi connectivity index (χ2v) is 5.71. The van der Waals surface area contributed by atoms with Gasteiger partial charge in [0.1, 0.15) is 17.2 Å². The van der Waals surface area contributed by atoms with Crippen molar-refractivity contribution in [3.63, 3.8) is 0 Å². The van der Waals surface area contributed by atoms with Crippen molar-refractivity contribution in [1.82, 2.24) is 0 Å². The number of hydrogen-bond donors (Lipinski definition) is 0. The van der Waals surface area contributed by atoms with Gasteiger partial charge in [-0.3, -0.25) is 4.79 Å². The van der Waals surface area contributed by atoms with E-state index in [9.17, 15) is 9.59 Å². The first-order valence-corrected chi connectivity index (χ1v) is 8.13. The Morgan fingerprint density at radius 1 is 1.07 bits per heavy atom. The lowest BCUT2D eigenvalue weighted by Gasteiger charge is -2.05. The molecule has 1 aromatic heterocycles. The third kappa shape index (κ3) is 3.20. The number of para-hydroxylation sites is 1. The van der Waals surface area contributed by atoms with Crippen LogP contribution in [0.1, 0.15) is 26.5 Å². The Kier molecular flexibility index (Phi) is 4.22. The number of benzene rings is 2. The minimum atomic E-state index is -0.630. The van der Waals surface area contributed by atoms with E-state index in [2.05, 4.69) is 0 Å². The van der Waals surface area contributed by atoms with Crippen LogP contribution in [0, 0.1) is 0 Å². The Hall–Kier alpha value is -3.80. The van der Waals surface area contributed by atoms with Crippen molar-refractivity contribution in [3.8, 4) is 17.2 Å². The molecule has 0 radical (unpaired) electrons. The second-order valence-electron chi connectivity index (χ2n) is 5.71. The maximum absolute atomic E-state index is 12.6. The first-order chi connectivity index (χ1) is 13.2. The molecular weight excluding hydrogens is 348 g/mol. The Bertz CT molecular complexity index is 1050. The van der Waals surface area contributed by atoms with Crippen LogP contribution in [0.4, 0.5) is 0 Å². The molecule has 1 aliphatic rings. The summed E-state index contributed by atoms with van der Waals surface area (Å²) < 4.78 is 21.2. The van der Waals surface area contributed by atoms with Crippen LogP contribution in [0.2, 0.25) is 0 Å². The van der Waals surface area contributed by atoms with Gasteiger partial charge in [-0.15, -0.1) is 0 Å². The normalized spacial score (nSPS) is 14.0. The van der Waals surface area contributed by atoms with Crippen molar-refractivity contribution >= 4 is 17.8 Å². The Labute approximate surface area is 154 Å². The summed E-state index contributed by atoms with van der Waals surface area (Å²) in [5, 5.41) is 0. The van der Waals surface area contributed by atoms with Gasteiger partial charge in [-0.25, -0.2) is 4.79 Å². The lowest BCUT2D eigenvalue weighted by atomic mass is 10.1. The zero-order valence-electron chi connectivity index (χ0n) is 14.3. The number of hydrogen-bond acceptors (Lipinski definition) is 6. The second kappa shape index (κ2) is 6.84. The molecule has 0 unspecified atom stereocenters. The average molecular weight is 362 g/mol. The highest BCUT2D eigenvalue weighted by molar-refractivity contribution is 6.14. The summed E-state index contributed by atoms with van der Waals surface area (Å²) in [5.74, 6) is 0.583. The highest BCUT2D eigenvalue weighted by atomic mass is 16.5. The van der Waals surface area contributed by atoms with Gasteiger partial charge in [-0.2, -0.15) is 0 Å². The number of esters is 1. The monoisotopic (exact) mass is 362 g/mol. The molecule has 6 heteroatoms. The van der Waals surface area contributed by atoms with Crippen LogP contribution in [0.25, 0.3) is 6.08 Å². The van der Waals surface area contributed by atoms with E-state index in [1.165, 1.54) is 24.5 Å². The molecule has 0 spiro atoms. The number of fused-ring (bicyclic) bond motifs is 1. The maximum Gasteiger partial charge on any atom is 0.379 e. The molecule has 0 saturated carbocycles. The van der Waals surface area contributed by atoms with Gasteiger partial charge >= 0.3 is 5.97 Å². The number of furan rings is 1. The molecule has 0 aliphatic carbocycles. The number of ether oxygens (including phenoxy) is 3. The number of allylic oxidation sites excluding steroid dienone is 1. The molecule has 1 aliphatic heterocycles. The van der Waals surface area contributed by atoms with Crippen LogP contribution in [0.15, 0.2) is 71.0 Å². The van der Waals surface area contributed by atoms with Gasteiger partial charge in [0.15, 0.2) is 5.76 Å². The molecule has 0 N–H and O–H groups in total. The van der Waals surface area contributed by atoms with Gasteiger partial charge < -0.3 is 18.6 Å². The standard InChI is InChI=1S/C21H14O6/c1-24-16-6-3-2-5-13(16)11-19-20(22)15-9-8-14(12-18(15)27-19)26-21(23)17-7-4-10-25-17/h2-12H,1H3. The zero-order chi connectivity index (χ0) is 18.8. The zero-order valence-corrected chi connectivity index (χ0v) is 14.3. The molecule has 2 heterocycles. The summed E-state index contributed by atoms with van der Waals surface area (Å²) in [7, 11) is 1.56. The minimum Gasteiger partial charge on any atom is -0.496 e. The third-order valence-electron chi connectivity index (χ3n) is 4.00. The first-order valence-electron chi connectivity index (χ1n) is 8.13. The van der Waals surface area contributed by atoms with Crippen LogP contribution in [-0.2, 0) is 0 Å². The topological polar surface area (TPSA) is 75.0 Å². The number of rotatable bonds is 4. The van der Waals surface area contributed by atoms with E-state index < -0.39 is 5.97 Å². The maximum atomic E-state index is 12.6. The van der Waals surface area contributed by atoms with Crippen LogP contribution in [0.5, 0.6) is 17.2 Å². The SMILES string of the molecule is COc1ccccc1C=C1Oc2cc(OC(=O)c3ccco3)ccc2C1=O. The van der Waals surface area contributed by atoms with Crippen LogP contribution < -0.4 is 14.2 Å². The molecule has 3 aromatic rings. The number of carbonyl (C=O) groups excluding carboxylic acids is 2. The molecule has 27 heavy (non-hydrogen) atoms. The van der Waals surface area contributed by atoms with Gasteiger partial charge in [0.2, 0.25) is 11.5 Å². The fourth-order valence-electron chi connectivity index (χ4n) is 2.71. The largest absolute Gasteiger partial charge is 0.496 e. The predicted octanol–water partition coefficient (Wildman–Crippen LogP) is 4.12. The highest BCUT2D eigenvalue weighted by Crippen LogP contribution is 2.35. The van der Waals surface area contributed by atoms with Crippen LogP contribution >= 0.6 is 0 Å². The molecule has 134 valence electrons. The Morgan fingerprint density at radius 3 is 2.70 bits per heavy atom. The van der Waals surface area contributed by atoms with Crippen molar-refractivity contribution in [2.75, 3.05) is 7.11 Å².